The predicted octanol–water partition coefficient (Wildman–Crippen LogP) is 2.08. The van der Waals surface area contributed by atoms with Gasteiger partial charge in [0.1, 0.15) is 11.9 Å². The molecular weight excluding hydrogens is 308 g/mol. The number of pyridine rings is 1. The van der Waals surface area contributed by atoms with Gasteiger partial charge in [-0.1, -0.05) is 0 Å². The number of nitriles is 1. The van der Waals surface area contributed by atoms with E-state index in [1.807, 2.05) is 6.07 Å². The summed E-state index contributed by atoms with van der Waals surface area (Å²) >= 11 is 0. The molecule has 24 heavy (non-hydrogen) atoms. The van der Waals surface area contributed by atoms with Crippen molar-refractivity contribution in [3.63, 3.8) is 0 Å². The molecule has 3 rings (SSSR count). The molecule has 0 spiro atoms. The van der Waals surface area contributed by atoms with Crippen molar-refractivity contribution in [2.24, 2.45) is 0 Å². The molecule has 0 aliphatic carbocycles. The van der Waals surface area contributed by atoms with E-state index >= 15 is 0 Å². The molecule has 7 heteroatoms. The maximum absolute atomic E-state index is 10.9. The van der Waals surface area contributed by atoms with Crippen LogP contribution in [0.5, 0.6) is 0 Å². The number of hydrogen-bond acceptors (Lipinski definition) is 5. The Morgan fingerprint density at radius 2 is 1.79 bits per heavy atom. The summed E-state index contributed by atoms with van der Waals surface area (Å²) in [7, 11) is 0. The Labute approximate surface area is 141 Å². The second-order valence-electron chi connectivity index (χ2n) is 6.31. The number of carboxylic acid groups (broad SMARTS) is 1. The highest BCUT2D eigenvalue weighted by Gasteiger charge is 2.27. The molecule has 1 amide bonds. The molecule has 2 saturated heterocycles. The number of anilines is 1. The number of piperidine rings is 2. The topological polar surface area (TPSA) is 89.7 Å². The summed E-state index contributed by atoms with van der Waals surface area (Å²) in [6.07, 6.45) is 4.63. The van der Waals surface area contributed by atoms with Crippen LogP contribution in [0, 0.1) is 11.3 Å². The van der Waals surface area contributed by atoms with Crippen LogP contribution >= 0.6 is 0 Å². The predicted molar refractivity (Wildman–Crippen MR) is 87.9 cm³/mol. The standard InChI is InChI=1S/C17H22N4O3/c18-11-13-1-2-16(19-12-13)20-7-3-14(4-8-20)24-15-5-9-21(10-6-15)17(22)23/h1-2,12,14-15H,3-10H2,(H,22,23). The third-order valence-corrected chi connectivity index (χ3v) is 4.74. The van der Waals surface area contributed by atoms with Crippen molar-refractivity contribution in [3.05, 3.63) is 23.9 Å². The third kappa shape index (κ3) is 3.95. The zero-order chi connectivity index (χ0) is 16.9. The first kappa shape index (κ1) is 16.5. The van der Waals surface area contributed by atoms with Crippen molar-refractivity contribution in [1.29, 1.82) is 5.26 Å². The van der Waals surface area contributed by atoms with Crippen molar-refractivity contribution < 1.29 is 14.6 Å². The van der Waals surface area contributed by atoms with Gasteiger partial charge in [-0.25, -0.2) is 9.78 Å². The van der Waals surface area contributed by atoms with E-state index in [9.17, 15) is 4.79 Å². The molecule has 2 aliphatic rings. The Balaban J connectivity index is 1.44. The first-order valence-corrected chi connectivity index (χ1v) is 8.40. The smallest absolute Gasteiger partial charge is 0.407 e. The Morgan fingerprint density at radius 3 is 2.29 bits per heavy atom. The Morgan fingerprint density at radius 1 is 1.17 bits per heavy atom. The van der Waals surface area contributed by atoms with Crippen molar-refractivity contribution in [3.8, 4) is 6.07 Å². The van der Waals surface area contributed by atoms with Gasteiger partial charge < -0.3 is 19.6 Å². The second-order valence-corrected chi connectivity index (χ2v) is 6.31. The van der Waals surface area contributed by atoms with Gasteiger partial charge in [-0.2, -0.15) is 5.26 Å². The average molecular weight is 330 g/mol. The summed E-state index contributed by atoms with van der Waals surface area (Å²) in [5, 5.41) is 17.8. The molecule has 0 unspecified atom stereocenters. The van der Waals surface area contributed by atoms with Gasteiger partial charge in [0.25, 0.3) is 0 Å². The van der Waals surface area contributed by atoms with Gasteiger partial charge in [0.05, 0.1) is 17.8 Å². The number of likely N-dealkylation sites (tertiary alicyclic amines) is 1. The Kier molecular flexibility index (Phi) is 5.16. The third-order valence-electron chi connectivity index (χ3n) is 4.74. The van der Waals surface area contributed by atoms with E-state index in [4.69, 9.17) is 15.1 Å². The highest BCUT2D eigenvalue weighted by molar-refractivity contribution is 5.65. The maximum Gasteiger partial charge on any atom is 0.407 e. The SMILES string of the molecule is N#Cc1ccc(N2CCC(OC3CCN(C(=O)O)CC3)CC2)nc1. The monoisotopic (exact) mass is 330 g/mol. The average Bonchev–Trinajstić information content (AvgIpc) is 2.63. The van der Waals surface area contributed by atoms with Crippen molar-refractivity contribution in [2.75, 3.05) is 31.1 Å². The van der Waals surface area contributed by atoms with Crippen molar-refractivity contribution >= 4 is 11.9 Å². The number of carbonyl (C=O) groups is 1. The molecule has 1 aromatic heterocycles. The van der Waals surface area contributed by atoms with E-state index in [1.165, 1.54) is 4.90 Å². The Bertz CT molecular complexity index is 597. The highest BCUT2D eigenvalue weighted by Crippen LogP contribution is 2.23. The van der Waals surface area contributed by atoms with Gasteiger partial charge in [-0.05, 0) is 37.8 Å². The second kappa shape index (κ2) is 7.49. The molecule has 0 saturated carbocycles. The number of hydrogen-bond donors (Lipinski definition) is 1. The number of aromatic nitrogens is 1. The minimum atomic E-state index is -0.836. The lowest BCUT2D eigenvalue weighted by Gasteiger charge is -2.36. The molecule has 0 bridgehead atoms. The van der Waals surface area contributed by atoms with Gasteiger partial charge in [0.2, 0.25) is 0 Å². The number of ether oxygens (including phenoxy) is 1. The van der Waals surface area contributed by atoms with Crippen LogP contribution in [0.4, 0.5) is 10.6 Å². The van der Waals surface area contributed by atoms with Crippen LogP contribution in [0.25, 0.3) is 0 Å². The van der Waals surface area contributed by atoms with E-state index in [-0.39, 0.29) is 12.2 Å². The van der Waals surface area contributed by atoms with E-state index in [2.05, 4.69) is 16.0 Å². The lowest BCUT2D eigenvalue weighted by molar-refractivity contribution is -0.0482. The summed E-state index contributed by atoms with van der Waals surface area (Å²) in [4.78, 5) is 18.9. The van der Waals surface area contributed by atoms with Crippen LogP contribution in [0.1, 0.15) is 31.2 Å². The zero-order valence-electron chi connectivity index (χ0n) is 13.6. The largest absolute Gasteiger partial charge is 0.465 e. The van der Waals surface area contributed by atoms with Crippen LogP contribution in [0.3, 0.4) is 0 Å². The van der Waals surface area contributed by atoms with Crippen LogP contribution < -0.4 is 4.90 Å². The van der Waals surface area contributed by atoms with Crippen LogP contribution in [0.2, 0.25) is 0 Å². The molecule has 0 atom stereocenters. The molecule has 128 valence electrons. The lowest BCUT2D eigenvalue weighted by Crippen LogP contribution is -2.43. The molecule has 2 fully saturated rings. The fraction of sp³-hybridized carbons (Fsp3) is 0.588. The van der Waals surface area contributed by atoms with Gasteiger partial charge in [-0.3, -0.25) is 0 Å². The number of rotatable bonds is 3. The normalized spacial score (nSPS) is 20.0. The summed E-state index contributed by atoms with van der Waals surface area (Å²) in [5.41, 5.74) is 0.574. The summed E-state index contributed by atoms with van der Waals surface area (Å²) in [6.45, 7) is 2.90. The first-order valence-electron chi connectivity index (χ1n) is 8.40. The van der Waals surface area contributed by atoms with Crippen LogP contribution in [-0.4, -0.2) is 59.5 Å². The molecule has 3 heterocycles. The summed E-state index contributed by atoms with van der Waals surface area (Å²) in [5.74, 6) is 0.905. The quantitative estimate of drug-likeness (QED) is 0.912. The molecule has 0 radical (unpaired) electrons. The molecule has 0 aromatic carbocycles. The fourth-order valence-corrected chi connectivity index (χ4v) is 3.32. The number of nitrogens with zero attached hydrogens (tertiary/aromatic N) is 4. The van der Waals surface area contributed by atoms with Gasteiger partial charge in [-0.15, -0.1) is 0 Å². The molecule has 1 N–H and O–H groups in total. The molecular formula is C17H22N4O3. The van der Waals surface area contributed by atoms with E-state index in [0.717, 1.165) is 44.6 Å². The minimum Gasteiger partial charge on any atom is -0.465 e. The van der Waals surface area contributed by atoms with Crippen molar-refractivity contribution in [1.82, 2.24) is 9.88 Å². The van der Waals surface area contributed by atoms with E-state index in [1.54, 1.807) is 12.3 Å². The summed E-state index contributed by atoms with van der Waals surface area (Å²) < 4.78 is 6.17. The zero-order valence-corrected chi connectivity index (χ0v) is 13.6. The van der Waals surface area contributed by atoms with Crippen LogP contribution in [-0.2, 0) is 4.74 Å². The van der Waals surface area contributed by atoms with Gasteiger partial charge in [0.15, 0.2) is 0 Å². The van der Waals surface area contributed by atoms with Crippen molar-refractivity contribution in [2.45, 2.75) is 37.9 Å². The van der Waals surface area contributed by atoms with Gasteiger partial charge in [0, 0.05) is 32.4 Å². The Hall–Kier alpha value is -2.33. The molecule has 7 nitrogen and oxygen atoms in total. The number of amides is 1. The fourth-order valence-electron chi connectivity index (χ4n) is 3.32. The lowest BCUT2D eigenvalue weighted by atomic mass is 10.0. The van der Waals surface area contributed by atoms with Crippen LogP contribution in [0.15, 0.2) is 18.3 Å². The van der Waals surface area contributed by atoms with E-state index in [0.29, 0.717) is 18.7 Å². The molecule has 1 aromatic rings. The minimum absolute atomic E-state index is 0.171. The first-order chi connectivity index (χ1) is 11.7. The van der Waals surface area contributed by atoms with Gasteiger partial charge >= 0.3 is 6.09 Å². The summed E-state index contributed by atoms with van der Waals surface area (Å²) in [6, 6.07) is 5.76. The molecule has 2 aliphatic heterocycles. The van der Waals surface area contributed by atoms with E-state index < -0.39 is 6.09 Å². The maximum atomic E-state index is 10.9. The highest BCUT2D eigenvalue weighted by atomic mass is 16.5.